The van der Waals surface area contributed by atoms with Gasteiger partial charge in [-0.2, -0.15) is 0 Å². The van der Waals surface area contributed by atoms with Gasteiger partial charge in [0.15, 0.2) is 0 Å². The normalized spacial score (nSPS) is 12.4. The van der Waals surface area contributed by atoms with Crippen molar-refractivity contribution in [3.05, 3.63) is 23.8 Å². The molecule has 1 rings (SSSR count). The fourth-order valence-corrected chi connectivity index (χ4v) is 3.43. The van der Waals surface area contributed by atoms with Crippen molar-refractivity contribution in [3.8, 4) is 0 Å². The molecule has 1 aromatic rings. The number of halogens is 1. The summed E-state index contributed by atoms with van der Waals surface area (Å²) >= 11 is 0. The lowest BCUT2D eigenvalue weighted by atomic mass is 10.2. The van der Waals surface area contributed by atoms with Crippen LogP contribution >= 0.6 is 10.7 Å². The second-order valence-corrected chi connectivity index (χ2v) is 8.24. The van der Waals surface area contributed by atoms with Crippen molar-refractivity contribution in [2.24, 2.45) is 0 Å². The Bertz CT molecular complexity index is 638. The van der Waals surface area contributed by atoms with Crippen LogP contribution in [0.15, 0.2) is 23.1 Å². The van der Waals surface area contributed by atoms with Crippen LogP contribution in [0.4, 0.5) is 5.69 Å². The molecule has 0 aliphatic rings. The maximum absolute atomic E-state index is 11.6. The number of benzene rings is 1. The summed E-state index contributed by atoms with van der Waals surface area (Å²) in [5.74, 6) is 0.0159. The van der Waals surface area contributed by atoms with Crippen LogP contribution in [0.25, 0.3) is 0 Å². The fraction of sp³-hybridized carbons (Fsp3) is 0.400. The minimum atomic E-state index is -3.80. The average Bonchev–Trinajstić information content (AvgIpc) is 2.19. The summed E-state index contributed by atoms with van der Waals surface area (Å²) in [6.07, 6.45) is 0.503. The molecule has 0 fully saturated rings. The lowest BCUT2D eigenvalue weighted by molar-refractivity contribution is 0.599. The Kier molecular flexibility index (Phi) is 4.63. The maximum atomic E-state index is 11.6. The third-order valence-electron chi connectivity index (χ3n) is 2.22. The molecule has 0 aromatic heterocycles. The van der Waals surface area contributed by atoms with Crippen LogP contribution in [-0.4, -0.2) is 22.6 Å². The fourth-order valence-electron chi connectivity index (χ4n) is 1.39. The molecule has 0 heterocycles. The Hall–Kier alpha value is -0.790. The summed E-state index contributed by atoms with van der Waals surface area (Å²) in [6, 6.07) is 3.98. The number of nitrogens with one attached hydrogen (secondary N) is 1. The zero-order chi connectivity index (χ0) is 14.0. The van der Waals surface area contributed by atoms with Gasteiger partial charge in [-0.15, -0.1) is 0 Å². The molecule has 1 aromatic carbocycles. The Morgan fingerprint density at radius 1 is 1.22 bits per heavy atom. The quantitative estimate of drug-likeness (QED) is 0.844. The Labute approximate surface area is 112 Å². The molecule has 0 aliphatic carbocycles. The molecule has 18 heavy (non-hydrogen) atoms. The van der Waals surface area contributed by atoms with E-state index in [2.05, 4.69) is 4.72 Å². The number of rotatable bonds is 5. The van der Waals surface area contributed by atoms with Crippen molar-refractivity contribution >= 4 is 35.4 Å². The van der Waals surface area contributed by atoms with Gasteiger partial charge in [0.25, 0.3) is 9.05 Å². The third-order valence-corrected chi connectivity index (χ3v) is 5.05. The molecule has 0 aliphatic heterocycles. The first-order valence-corrected chi connectivity index (χ1v) is 9.17. The lowest BCUT2D eigenvalue weighted by Crippen LogP contribution is -2.16. The van der Waals surface area contributed by atoms with E-state index in [4.69, 9.17) is 10.7 Å². The highest BCUT2D eigenvalue weighted by molar-refractivity contribution is 8.13. The van der Waals surface area contributed by atoms with E-state index in [1.165, 1.54) is 18.2 Å². The summed E-state index contributed by atoms with van der Waals surface area (Å²) in [4.78, 5) is -0.0555. The van der Waals surface area contributed by atoms with Crippen molar-refractivity contribution in [2.75, 3.05) is 10.5 Å². The summed E-state index contributed by atoms with van der Waals surface area (Å²) in [6.45, 7) is 3.37. The first kappa shape index (κ1) is 15.3. The van der Waals surface area contributed by atoms with E-state index in [9.17, 15) is 16.8 Å². The lowest BCUT2D eigenvalue weighted by Gasteiger charge is -2.10. The molecule has 102 valence electrons. The number of anilines is 1. The predicted molar refractivity (Wildman–Crippen MR) is 71.9 cm³/mol. The van der Waals surface area contributed by atoms with E-state index >= 15 is 0 Å². The molecule has 1 N–H and O–H groups in total. The van der Waals surface area contributed by atoms with Crippen molar-refractivity contribution in [2.45, 2.75) is 25.2 Å². The van der Waals surface area contributed by atoms with Gasteiger partial charge in [-0.25, -0.2) is 16.8 Å². The largest absolute Gasteiger partial charge is 0.283 e. The molecule has 0 atom stereocenters. The highest BCUT2D eigenvalue weighted by Gasteiger charge is 2.14. The second-order valence-electron chi connectivity index (χ2n) is 3.84. The van der Waals surface area contributed by atoms with Gasteiger partial charge in [0.2, 0.25) is 10.0 Å². The van der Waals surface area contributed by atoms with Gasteiger partial charge in [0, 0.05) is 10.7 Å². The zero-order valence-electron chi connectivity index (χ0n) is 9.97. The SMILES string of the molecule is CCCS(=O)(=O)Nc1ccc(S(=O)(=O)Cl)cc1C. The van der Waals surface area contributed by atoms with Crippen LogP contribution in [0.5, 0.6) is 0 Å². The molecule has 0 saturated carbocycles. The minimum Gasteiger partial charge on any atom is -0.283 e. The second kappa shape index (κ2) is 5.46. The highest BCUT2D eigenvalue weighted by atomic mass is 35.7. The van der Waals surface area contributed by atoms with Crippen molar-refractivity contribution < 1.29 is 16.8 Å². The summed E-state index contributed by atoms with van der Waals surface area (Å²) in [5, 5.41) is 0. The van der Waals surface area contributed by atoms with Gasteiger partial charge < -0.3 is 0 Å². The molecule has 0 unspecified atom stereocenters. The summed E-state index contributed by atoms with van der Waals surface area (Å²) in [5.41, 5.74) is 0.851. The van der Waals surface area contributed by atoms with Crippen LogP contribution in [0.1, 0.15) is 18.9 Å². The molecular weight excluding hydrogens is 298 g/mol. The maximum Gasteiger partial charge on any atom is 0.261 e. The summed E-state index contributed by atoms with van der Waals surface area (Å²) < 4.78 is 47.8. The Balaban J connectivity index is 3.08. The standard InChI is InChI=1S/C10H14ClNO4S2/c1-3-6-17(13,14)12-10-5-4-9(7-8(10)2)18(11,15)16/h4-5,7,12H,3,6H2,1-2H3. The van der Waals surface area contributed by atoms with Gasteiger partial charge in [0.05, 0.1) is 16.3 Å². The van der Waals surface area contributed by atoms with Crippen LogP contribution in [-0.2, 0) is 19.1 Å². The van der Waals surface area contributed by atoms with Gasteiger partial charge >= 0.3 is 0 Å². The van der Waals surface area contributed by atoms with Gasteiger partial charge in [-0.05, 0) is 37.1 Å². The number of sulfonamides is 1. The molecule has 8 heteroatoms. The number of hydrogen-bond donors (Lipinski definition) is 1. The van der Waals surface area contributed by atoms with E-state index in [0.717, 1.165) is 0 Å². The third kappa shape index (κ3) is 4.15. The van der Waals surface area contributed by atoms with Gasteiger partial charge in [-0.3, -0.25) is 4.72 Å². The topological polar surface area (TPSA) is 80.3 Å². The number of hydrogen-bond acceptors (Lipinski definition) is 4. The van der Waals surface area contributed by atoms with Crippen molar-refractivity contribution in [3.63, 3.8) is 0 Å². The Morgan fingerprint density at radius 2 is 1.83 bits per heavy atom. The molecule has 0 spiro atoms. The van der Waals surface area contributed by atoms with E-state index in [-0.39, 0.29) is 10.6 Å². The van der Waals surface area contributed by atoms with E-state index in [1.807, 2.05) is 0 Å². The molecule has 0 amide bonds. The smallest absolute Gasteiger partial charge is 0.261 e. The van der Waals surface area contributed by atoms with E-state index < -0.39 is 19.1 Å². The van der Waals surface area contributed by atoms with Gasteiger partial charge in [0.1, 0.15) is 0 Å². The van der Waals surface area contributed by atoms with Gasteiger partial charge in [-0.1, -0.05) is 6.92 Å². The van der Waals surface area contributed by atoms with E-state index in [1.54, 1.807) is 13.8 Å². The first-order chi connectivity index (χ1) is 8.15. The summed E-state index contributed by atoms with van der Waals surface area (Å²) in [7, 11) is -1.99. The Morgan fingerprint density at radius 3 is 2.28 bits per heavy atom. The number of aryl methyl sites for hydroxylation is 1. The molecule has 0 saturated heterocycles. The first-order valence-electron chi connectivity index (χ1n) is 5.21. The molecule has 0 bridgehead atoms. The van der Waals surface area contributed by atoms with Crippen LogP contribution < -0.4 is 4.72 Å². The van der Waals surface area contributed by atoms with Crippen LogP contribution in [0.3, 0.4) is 0 Å². The average molecular weight is 312 g/mol. The minimum absolute atomic E-state index is 0.0159. The molecule has 5 nitrogen and oxygen atoms in total. The predicted octanol–water partition coefficient (Wildman–Crippen LogP) is 2.07. The van der Waals surface area contributed by atoms with Crippen LogP contribution in [0.2, 0.25) is 0 Å². The van der Waals surface area contributed by atoms with Crippen molar-refractivity contribution in [1.29, 1.82) is 0 Å². The molecular formula is C10H14ClNO4S2. The molecule has 0 radical (unpaired) electrons. The zero-order valence-corrected chi connectivity index (χ0v) is 12.4. The highest BCUT2D eigenvalue weighted by Crippen LogP contribution is 2.23. The monoisotopic (exact) mass is 311 g/mol. The van der Waals surface area contributed by atoms with E-state index in [0.29, 0.717) is 17.7 Å². The van der Waals surface area contributed by atoms with Crippen molar-refractivity contribution in [1.82, 2.24) is 0 Å². The van der Waals surface area contributed by atoms with Crippen LogP contribution in [0, 0.1) is 6.92 Å².